The van der Waals surface area contributed by atoms with Crippen LogP contribution >= 0.6 is 0 Å². The summed E-state index contributed by atoms with van der Waals surface area (Å²) in [5.41, 5.74) is 0.319. The number of carbonyl (C=O) groups is 1. The summed E-state index contributed by atoms with van der Waals surface area (Å²) in [7, 11) is 3.01. The van der Waals surface area contributed by atoms with Gasteiger partial charge in [0.2, 0.25) is 0 Å². The van der Waals surface area contributed by atoms with Gasteiger partial charge in [-0.2, -0.15) is 0 Å². The molecule has 1 heterocycles. The van der Waals surface area contributed by atoms with Crippen molar-refractivity contribution in [3.8, 4) is 11.5 Å². The van der Waals surface area contributed by atoms with Crippen molar-refractivity contribution in [1.82, 2.24) is 10.2 Å². The van der Waals surface area contributed by atoms with Crippen LogP contribution in [0.15, 0.2) is 30.3 Å². The van der Waals surface area contributed by atoms with E-state index in [0.717, 1.165) is 12.8 Å². The molecule has 2 aromatic rings. The van der Waals surface area contributed by atoms with Crippen LogP contribution in [-0.2, 0) is 0 Å². The Labute approximate surface area is 134 Å². The lowest BCUT2D eigenvalue weighted by molar-refractivity contribution is 0.102. The van der Waals surface area contributed by atoms with Gasteiger partial charge in [0.05, 0.1) is 14.2 Å². The quantitative estimate of drug-likeness (QED) is 0.851. The number of benzene rings is 1. The zero-order chi connectivity index (χ0) is 16.2. The van der Waals surface area contributed by atoms with E-state index in [1.54, 1.807) is 30.3 Å². The van der Waals surface area contributed by atoms with Gasteiger partial charge in [-0.05, 0) is 37.1 Å². The third kappa shape index (κ3) is 3.50. The number of nitrogens with zero attached hydrogens (tertiary/aromatic N) is 2. The molecule has 120 valence electrons. The summed E-state index contributed by atoms with van der Waals surface area (Å²) in [6.07, 6.45) is 2.32. The molecule has 1 aromatic carbocycles. The minimum absolute atomic E-state index is 0.319. The van der Waals surface area contributed by atoms with Crippen molar-refractivity contribution in [2.24, 2.45) is 0 Å². The van der Waals surface area contributed by atoms with Crippen LogP contribution in [0.3, 0.4) is 0 Å². The van der Waals surface area contributed by atoms with E-state index in [1.165, 1.54) is 14.2 Å². The Morgan fingerprint density at radius 2 is 1.65 bits per heavy atom. The van der Waals surface area contributed by atoms with Crippen LogP contribution in [-0.4, -0.2) is 36.4 Å². The zero-order valence-corrected chi connectivity index (χ0v) is 13.0. The van der Waals surface area contributed by atoms with Crippen LogP contribution in [0.1, 0.15) is 23.2 Å². The van der Waals surface area contributed by atoms with E-state index in [4.69, 9.17) is 9.47 Å². The van der Waals surface area contributed by atoms with Crippen LogP contribution in [0, 0.1) is 0 Å². The largest absolute Gasteiger partial charge is 0.496 e. The topological polar surface area (TPSA) is 85.4 Å². The summed E-state index contributed by atoms with van der Waals surface area (Å²) in [6, 6.07) is 9.16. The second-order valence-electron chi connectivity index (χ2n) is 5.21. The molecule has 3 rings (SSSR count). The number of hydrogen-bond donors (Lipinski definition) is 2. The highest BCUT2D eigenvalue weighted by Gasteiger charge is 2.22. The molecule has 0 spiro atoms. The van der Waals surface area contributed by atoms with Crippen molar-refractivity contribution >= 4 is 17.5 Å². The fourth-order valence-electron chi connectivity index (χ4n) is 2.17. The van der Waals surface area contributed by atoms with E-state index in [2.05, 4.69) is 20.8 Å². The Hall–Kier alpha value is -2.83. The van der Waals surface area contributed by atoms with Gasteiger partial charge in [-0.3, -0.25) is 4.79 Å². The van der Waals surface area contributed by atoms with Gasteiger partial charge in [0.15, 0.2) is 5.82 Å². The number of rotatable bonds is 6. The molecule has 1 fully saturated rings. The van der Waals surface area contributed by atoms with Crippen LogP contribution in [0.25, 0.3) is 0 Å². The van der Waals surface area contributed by atoms with Crippen molar-refractivity contribution < 1.29 is 14.3 Å². The van der Waals surface area contributed by atoms with Gasteiger partial charge < -0.3 is 20.1 Å². The summed E-state index contributed by atoms with van der Waals surface area (Å²) >= 11 is 0. The lowest BCUT2D eigenvalue weighted by Gasteiger charge is -2.12. The maximum absolute atomic E-state index is 12.5. The van der Waals surface area contributed by atoms with Crippen molar-refractivity contribution in [3.63, 3.8) is 0 Å². The second-order valence-corrected chi connectivity index (χ2v) is 5.21. The Bertz CT molecular complexity index is 677. The van der Waals surface area contributed by atoms with Gasteiger partial charge in [0, 0.05) is 6.04 Å². The van der Waals surface area contributed by atoms with Gasteiger partial charge in [-0.25, -0.2) is 0 Å². The van der Waals surface area contributed by atoms with Gasteiger partial charge in [-0.15, -0.1) is 10.2 Å². The van der Waals surface area contributed by atoms with Crippen molar-refractivity contribution in [3.05, 3.63) is 35.9 Å². The molecule has 1 saturated carbocycles. The highest BCUT2D eigenvalue weighted by Crippen LogP contribution is 2.29. The number of ether oxygens (including phenoxy) is 2. The number of methoxy groups -OCH3 is 2. The molecule has 0 atom stereocenters. The predicted molar refractivity (Wildman–Crippen MR) is 86.2 cm³/mol. The van der Waals surface area contributed by atoms with E-state index in [-0.39, 0.29) is 5.91 Å². The Balaban J connectivity index is 1.76. The highest BCUT2D eigenvalue weighted by atomic mass is 16.5. The summed E-state index contributed by atoms with van der Waals surface area (Å²) in [4.78, 5) is 12.5. The van der Waals surface area contributed by atoms with Crippen LogP contribution in [0.2, 0.25) is 0 Å². The molecule has 0 aliphatic heterocycles. The molecule has 0 radical (unpaired) electrons. The van der Waals surface area contributed by atoms with E-state index in [0.29, 0.717) is 34.7 Å². The number of hydrogen-bond acceptors (Lipinski definition) is 6. The Kier molecular flexibility index (Phi) is 4.27. The summed E-state index contributed by atoms with van der Waals surface area (Å²) in [6.45, 7) is 0. The Morgan fingerprint density at radius 3 is 2.17 bits per heavy atom. The normalized spacial score (nSPS) is 13.3. The van der Waals surface area contributed by atoms with Gasteiger partial charge in [0.1, 0.15) is 22.9 Å². The molecular formula is C16H18N4O3. The second kappa shape index (κ2) is 6.51. The minimum atomic E-state index is -0.364. The standard InChI is InChI=1S/C16H18N4O3/c1-22-11-4-3-5-12(23-2)15(11)16(21)18-14-9-8-13(19-20-14)17-10-6-7-10/h3-5,8-10H,6-7H2,1-2H3,(H,17,19)(H,18,20,21). The van der Waals surface area contributed by atoms with Gasteiger partial charge in [0.25, 0.3) is 5.91 Å². The van der Waals surface area contributed by atoms with Gasteiger partial charge >= 0.3 is 0 Å². The molecule has 0 saturated heterocycles. The first-order valence-corrected chi connectivity index (χ1v) is 7.34. The number of nitrogens with one attached hydrogen (secondary N) is 2. The van der Waals surface area contributed by atoms with E-state index < -0.39 is 0 Å². The van der Waals surface area contributed by atoms with Crippen molar-refractivity contribution in [1.29, 1.82) is 0 Å². The molecule has 1 amide bonds. The van der Waals surface area contributed by atoms with Crippen molar-refractivity contribution in [2.45, 2.75) is 18.9 Å². The third-order valence-corrected chi connectivity index (χ3v) is 3.49. The third-order valence-electron chi connectivity index (χ3n) is 3.49. The molecule has 1 aliphatic carbocycles. The molecular weight excluding hydrogens is 296 g/mol. The lowest BCUT2D eigenvalue weighted by Crippen LogP contribution is -2.16. The highest BCUT2D eigenvalue weighted by molar-refractivity contribution is 6.07. The number of anilines is 2. The molecule has 23 heavy (non-hydrogen) atoms. The van der Waals surface area contributed by atoms with Crippen molar-refractivity contribution in [2.75, 3.05) is 24.9 Å². The number of amides is 1. The molecule has 2 N–H and O–H groups in total. The van der Waals surface area contributed by atoms with Crippen LogP contribution in [0.5, 0.6) is 11.5 Å². The maximum Gasteiger partial charge on any atom is 0.264 e. The van der Waals surface area contributed by atoms with Gasteiger partial charge in [-0.1, -0.05) is 6.07 Å². The molecule has 7 nitrogen and oxygen atoms in total. The molecule has 0 unspecified atom stereocenters. The average Bonchev–Trinajstić information content (AvgIpc) is 3.39. The smallest absolute Gasteiger partial charge is 0.264 e. The summed E-state index contributed by atoms with van der Waals surface area (Å²) in [5.74, 6) is 1.57. The Morgan fingerprint density at radius 1 is 1.04 bits per heavy atom. The fraction of sp³-hybridized carbons (Fsp3) is 0.312. The van der Waals surface area contributed by atoms with E-state index in [9.17, 15) is 4.79 Å². The minimum Gasteiger partial charge on any atom is -0.496 e. The molecule has 7 heteroatoms. The maximum atomic E-state index is 12.5. The number of aromatic nitrogens is 2. The van der Waals surface area contributed by atoms with E-state index >= 15 is 0 Å². The first-order chi connectivity index (χ1) is 11.2. The van der Waals surface area contributed by atoms with Crippen LogP contribution in [0.4, 0.5) is 11.6 Å². The zero-order valence-electron chi connectivity index (χ0n) is 13.0. The molecule has 1 aromatic heterocycles. The monoisotopic (exact) mass is 314 g/mol. The summed E-state index contributed by atoms with van der Waals surface area (Å²) < 4.78 is 10.5. The average molecular weight is 314 g/mol. The molecule has 1 aliphatic rings. The molecule has 0 bridgehead atoms. The number of carbonyl (C=O) groups excluding carboxylic acids is 1. The predicted octanol–water partition coefficient (Wildman–Crippen LogP) is 2.32. The van der Waals surface area contributed by atoms with Crippen LogP contribution < -0.4 is 20.1 Å². The first-order valence-electron chi connectivity index (χ1n) is 7.34. The first kappa shape index (κ1) is 15.1. The fourth-order valence-corrected chi connectivity index (χ4v) is 2.17. The SMILES string of the molecule is COc1cccc(OC)c1C(=O)Nc1ccc(NC2CC2)nn1. The lowest BCUT2D eigenvalue weighted by atomic mass is 10.1. The van der Waals surface area contributed by atoms with E-state index in [1.807, 2.05) is 0 Å². The summed E-state index contributed by atoms with van der Waals surface area (Å²) in [5, 5.41) is 14.0.